The maximum atomic E-state index is 13.3. The highest BCUT2D eigenvalue weighted by atomic mass is 19.2. The number of likely N-dealkylation sites (N-methyl/N-ethyl adjacent to an activating group) is 1. The molecule has 2 aliphatic heterocycles. The molecule has 3 rings (SSSR count). The van der Waals surface area contributed by atoms with Gasteiger partial charge in [-0.1, -0.05) is 0 Å². The van der Waals surface area contributed by atoms with Crippen molar-refractivity contribution in [1.82, 2.24) is 9.80 Å². The lowest BCUT2D eigenvalue weighted by Crippen LogP contribution is -2.32. The standard InChI is InChI=1S/C15H18F2N2O2/c1-18-4-5-21-14-9-19(8-11(14)7-18)15(20)10-2-3-12(16)13(17)6-10/h2-3,6,11,14H,4-5,7-9H2,1H3/t11-,14+/m0/s1. The average Bonchev–Trinajstić information content (AvgIpc) is 2.76. The van der Waals surface area contributed by atoms with Crippen molar-refractivity contribution in [3.8, 4) is 0 Å². The second-order valence-electron chi connectivity index (χ2n) is 5.77. The highest BCUT2D eigenvalue weighted by molar-refractivity contribution is 5.94. The normalized spacial score (nSPS) is 26.5. The molecular formula is C15H18F2N2O2. The number of likely N-dealkylation sites (tertiary alicyclic amines) is 1. The van der Waals surface area contributed by atoms with Gasteiger partial charge < -0.3 is 14.5 Å². The van der Waals surface area contributed by atoms with Crippen molar-refractivity contribution in [1.29, 1.82) is 0 Å². The number of fused-ring (bicyclic) bond motifs is 1. The topological polar surface area (TPSA) is 32.8 Å². The lowest BCUT2D eigenvalue weighted by Gasteiger charge is -2.19. The molecule has 1 aromatic carbocycles. The first-order chi connectivity index (χ1) is 10.0. The first-order valence-electron chi connectivity index (χ1n) is 7.09. The molecule has 2 heterocycles. The molecule has 0 radical (unpaired) electrons. The molecule has 0 aromatic heterocycles. The summed E-state index contributed by atoms with van der Waals surface area (Å²) in [6.45, 7) is 3.53. The molecule has 21 heavy (non-hydrogen) atoms. The Morgan fingerprint density at radius 1 is 1.24 bits per heavy atom. The summed E-state index contributed by atoms with van der Waals surface area (Å²) in [7, 11) is 2.03. The Morgan fingerprint density at radius 2 is 2.05 bits per heavy atom. The smallest absolute Gasteiger partial charge is 0.254 e. The molecule has 4 nitrogen and oxygen atoms in total. The van der Waals surface area contributed by atoms with Gasteiger partial charge in [-0.3, -0.25) is 4.79 Å². The minimum absolute atomic E-state index is 0.0317. The van der Waals surface area contributed by atoms with Gasteiger partial charge in [0.25, 0.3) is 5.91 Å². The third-order valence-electron chi connectivity index (χ3n) is 4.19. The number of hydrogen-bond donors (Lipinski definition) is 0. The van der Waals surface area contributed by atoms with Crippen LogP contribution in [0.15, 0.2) is 18.2 Å². The van der Waals surface area contributed by atoms with Crippen LogP contribution in [-0.4, -0.2) is 61.6 Å². The lowest BCUT2D eigenvalue weighted by atomic mass is 10.1. The van der Waals surface area contributed by atoms with Crippen molar-refractivity contribution in [3.63, 3.8) is 0 Å². The first-order valence-corrected chi connectivity index (χ1v) is 7.09. The van der Waals surface area contributed by atoms with E-state index >= 15 is 0 Å². The Balaban J connectivity index is 1.73. The van der Waals surface area contributed by atoms with Crippen LogP contribution in [0.3, 0.4) is 0 Å². The predicted molar refractivity (Wildman–Crippen MR) is 73.0 cm³/mol. The molecule has 2 saturated heterocycles. The minimum Gasteiger partial charge on any atom is -0.375 e. The Morgan fingerprint density at radius 3 is 2.81 bits per heavy atom. The number of nitrogens with zero attached hydrogens (tertiary/aromatic N) is 2. The SMILES string of the molecule is CN1CCO[C@@H]2CN(C(=O)c3ccc(F)c(F)c3)C[C@@H]2C1. The van der Waals surface area contributed by atoms with Gasteiger partial charge in [-0.15, -0.1) is 0 Å². The van der Waals surface area contributed by atoms with Crippen LogP contribution in [0.1, 0.15) is 10.4 Å². The monoisotopic (exact) mass is 296 g/mol. The summed E-state index contributed by atoms with van der Waals surface area (Å²) in [4.78, 5) is 16.2. The van der Waals surface area contributed by atoms with E-state index in [0.29, 0.717) is 19.7 Å². The van der Waals surface area contributed by atoms with Gasteiger partial charge in [0.05, 0.1) is 12.7 Å². The summed E-state index contributed by atoms with van der Waals surface area (Å²) in [5, 5.41) is 0. The second-order valence-corrected chi connectivity index (χ2v) is 5.77. The van der Waals surface area contributed by atoms with Gasteiger partial charge in [0.2, 0.25) is 0 Å². The van der Waals surface area contributed by atoms with E-state index in [1.807, 2.05) is 7.05 Å². The summed E-state index contributed by atoms with van der Waals surface area (Å²) < 4.78 is 32.0. The van der Waals surface area contributed by atoms with E-state index in [4.69, 9.17) is 4.74 Å². The summed E-state index contributed by atoms with van der Waals surface area (Å²) in [5.74, 6) is -1.94. The summed E-state index contributed by atoms with van der Waals surface area (Å²) in [6.07, 6.45) is 0.0317. The fourth-order valence-corrected chi connectivity index (χ4v) is 3.03. The molecular weight excluding hydrogens is 278 g/mol. The zero-order valence-corrected chi connectivity index (χ0v) is 11.9. The Labute approximate surface area is 122 Å². The fourth-order valence-electron chi connectivity index (χ4n) is 3.03. The van der Waals surface area contributed by atoms with Gasteiger partial charge in [0.1, 0.15) is 0 Å². The van der Waals surface area contributed by atoms with Crippen molar-refractivity contribution >= 4 is 5.91 Å². The van der Waals surface area contributed by atoms with Crippen LogP contribution in [0, 0.1) is 17.6 Å². The van der Waals surface area contributed by atoms with E-state index in [-0.39, 0.29) is 23.5 Å². The minimum atomic E-state index is -0.995. The third kappa shape index (κ3) is 2.91. The molecule has 114 valence electrons. The first kappa shape index (κ1) is 14.4. The zero-order valence-electron chi connectivity index (χ0n) is 11.9. The van der Waals surface area contributed by atoms with E-state index in [1.165, 1.54) is 6.07 Å². The third-order valence-corrected chi connectivity index (χ3v) is 4.19. The van der Waals surface area contributed by atoms with E-state index in [1.54, 1.807) is 4.90 Å². The molecule has 1 aromatic rings. The number of amides is 1. The molecule has 0 unspecified atom stereocenters. The molecule has 0 saturated carbocycles. The quantitative estimate of drug-likeness (QED) is 0.784. The molecule has 2 aliphatic rings. The van der Waals surface area contributed by atoms with Crippen LogP contribution in [-0.2, 0) is 4.74 Å². The number of carbonyl (C=O) groups excluding carboxylic acids is 1. The number of benzene rings is 1. The Hall–Kier alpha value is -1.53. The number of halogens is 2. The van der Waals surface area contributed by atoms with Gasteiger partial charge >= 0.3 is 0 Å². The maximum absolute atomic E-state index is 13.3. The van der Waals surface area contributed by atoms with Crippen LogP contribution in [0.25, 0.3) is 0 Å². The molecule has 1 amide bonds. The Kier molecular flexibility index (Phi) is 3.91. The number of rotatable bonds is 1. The average molecular weight is 296 g/mol. The zero-order chi connectivity index (χ0) is 15.0. The van der Waals surface area contributed by atoms with Crippen molar-refractivity contribution in [2.24, 2.45) is 5.92 Å². The number of ether oxygens (including phenoxy) is 1. The largest absolute Gasteiger partial charge is 0.375 e. The van der Waals surface area contributed by atoms with Gasteiger partial charge in [-0.05, 0) is 25.2 Å². The number of carbonyl (C=O) groups is 1. The summed E-state index contributed by atoms with van der Waals surface area (Å²) in [6, 6.07) is 3.27. The highest BCUT2D eigenvalue weighted by Crippen LogP contribution is 2.25. The van der Waals surface area contributed by atoms with E-state index in [2.05, 4.69) is 4.90 Å². The summed E-state index contributed by atoms with van der Waals surface area (Å²) in [5.41, 5.74) is 0.179. The van der Waals surface area contributed by atoms with Crippen molar-refractivity contribution in [3.05, 3.63) is 35.4 Å². The van der Waals surface area contributed by atoms with E-state index in [9.17, 15) is 13.6 Å². The molecule has 0 bridgehead atoms. The van der Waals surface area contributed by atoms with Crippen LogP contribution >= 0.6 is 0 Å². The van der Waals surface area contributed by atoms with Gasteiger partial charge in [-0.25, -0.2) is 8.78 Å². The fraction of sp³-hybridized carbons (Fsp3) is 0.533. The van der Waals surface area contributed by atoms with Gasteiger partial charge in [-0.2, -0.15) is 0 Å². The molecule has 2 atom stereocenters. The van der Waals surface area contributed by atoms with E-state index in [0.717, 1.165) is 25.2 Å². The summed E-state index contributed by atoms with van der Waals surface area (Å²) >= 11 is 0. The lowest BCUT2D eigenvalue weighted by molar-refractivity contribution is 0.0487. The maximum Gasteiger partial charge on any atom is 0.254 e. The second kappa shape index (κ2) is 5.69. The predicted octanol–water partition coefficient (Wildman–Crippen LogP) is 1.37. The molecule has 2 fully saturated rings. The van der Waals surface area contributed by atoms with Crippen LogP contribution < -0.4 is 0 Å². The highest BCUT2D eigenvalue weighted by Gasteiger charge is 2.38. The van der Waals surface area contributed by atoms with Gasteiger partial charge in [0.15, 0.2) is 11.6 Å². The van der Waals surface area contributed by atoms with Crippen LogP contribution in [0.5, 0.6) is 0 Å². The molecule has 0 spiro atoms. The van der Waals surface area contributed by atoms with Crippen molar-refractivity contribution < 1.29 is 18.3 Å². The molecule has 6 heteroatoms. The van der Waals surface area contributed by atoms with Gasteiger partial charge in [0, 0.05) is 37.7 Å². The van der Waals surface area contributed by atoms with Crippen LogP contribution in [0.4, 0.5) is 8.78 Å². The van der Waals surface area contributed by atoms with Crippen molar-refractivity contribution in [2.45, 2.75) is 6.10 Å². The van der Waals surface area contributed by atoms with Crippen LogP contribution in [0.2, 0.25) is 0 Å². The van der Waals surface area contributed by atoms with E-state index < -0.39 is 11.6 Å². The molecule has 0 aliphatic carbocycles. The number of hydrogen-bond acceptors (Lipinski definition) is 3. The molecule has 0 N–H and O–H groups in total. The Bertz CT molecular complexity index is 552. The van der Waals surface area contributed by atoms with Crippen molar-refractivity contribution in [2.75, 3.05) is 39.8 Å².